The smallest absolute Gasteiger partial charge is 0.118 e. The van der Waals surface area contributed by atoms with Gasteiger partial charge in [0.15, 0.2) is 0 Å². The third kappa shape index (κ3) is 5.01. The first kappa shape index (κ1) is 9.54. The molecule has 1 N–H and O–H groups in total. The van der Waals surface area contributed by atoms with Crippen LogP contribution in [0.25, 0.3) is 0 Å². The van der Waals surface area contributed by atoms with Gasteiger partial charge >= 0.3 is 0 Å². The van der Waals surface area contributed by atoms with E-state index < -0.39 is 4.33 Å². The summed E-state index contributed by atoms with van der Waals surface area (Å²) in [5.41, 5.74) is 0. The summed E-state index contributed by atoms with van der Waals surface area (Å²) in [5, 5.41) is 8.41. The summed E-state index contributed by atoms with van der Waals surface area (Å²) in [6.07, 6.45) is 2.08. The third-order valence-electron chi connectivity index (χ3n) is 1.22. The van der Waals surface area contributed by atoms with E-state index in [-0.39, 0.29) is 6.61 Å². The molecule has 0 unspecified atom stereocenters. The summed E-state index contributed by atoms with van der Waals surface area (Å²) in [6.45, 7) is 2.10. The number of halogens is 2. The highest BCUT2D eigenvalue weighted by Gasteiger charge is 2.19. The minimum absolute atomic E-state index is 0.168. The van der Waals surface area contributed by atoms with Crippen LogP contribution in [0.3, 0.4) is 0 Å². The fourth-order valence-corrected chi connectivity index (χ4v) is 0.782. The Morgan fingerprint density at radius 3 is 2.33 bits per heavy atom. The van der Waals surface area contributed by atoms with E-state index in [1.54, 1.807) is 0 Å². The standard InChI is InChI=1S/C6H12Cl2O/c1-2-6(7,8)4-3-5-9/h9H,2-5H2,1H3. The van der Waals surface area contributed by atoms with E-state index in [4.69, 9.17) is 28.3 Å². The maximum absolute atomic E-state index is 8.41. The molecule has 0 radical (unpaired) electrons. The molecule has 0 saturated heterocycles. The first-order valence-corrected chi connectivity index (χ1v) is 3.86. The summed E-state index contributed by atoms with van der Waals surface area (Å²) in [4.78, 5) is 0. The summed E-state index contributed by atoms with van der Waals surface area (Å²) in [7, 11) is 0. The monoisotopic (exact) mass is 170 g/mol. The summed E-state index contributed by atoms with van der Waals surface area (Å²) in [5.74, 6) is 0. The van der Waals surface area contributed by atoms with Gasteiger partial charge in [-0.3, -0.25) is 0 Å². The molecule has 9 heavy (non-hydrogen) atoms. The van der Waals surface area contributed by atoms with Crippen LogP contribution in [-0.4, -0.2) is 16.0 Å². The molecule has 0 rings (SSSR count). The molecule has 0 aromatic heterocycles. The predicted molar refractivity (Wildman–Crippen MR) is 41.0 cm³/mol. The van der Waals surface area contributed by atoms with Crippen LogP contribution in [0.15, 0.2) is 0 Å². The van der Waals surface area contributed by atoms with E-state index in [0.717, 1.165) is 6.42 Å². The fourth-order valence-electron chi connectivity index (χ4n) is 0.514. The van der Waals surface area contributed by atoms with Gasteiger partial charge in [-0.15, -0.1) is 23.2 Å². The molecule has 0 aliphatic rings. The van der Waals surface area contributed by atoms with E-state index in [9.17, 15) is 0 Å². The van der Waals surface area contributed by atoms with Crippen LogP contribution in [0.2, 0.25) is 0 Å². The normalized spacial score (nSPS) is 12.0. The van der Waals surface area contributed by atoms with E-state index >= 15 is 0 Å². The molecule has 0 atom stereocenters. The highest BCUT2D eigenvalue weighted by molar-refractivity contribution is 6.48. The van der Waals surface area contributed by atoms with Gasteiger partial charge in [-0.2, -0.15) is 0 Å². The molecule has 1 nitrogen and oxygen atoms in total. The van der Waals surface area contributed by atoms with Gasteiger partial charge < -0.3 is 5.11 Å². The molecule has 0 fully saturated rings. The summed E-state index contributed by atoms with van der Waals surface area (Å²) in [6, 6.07) is 0. The highest BCUT2D eigenvalue weighted by Crippen LogP contribution is 2.29. The van der Waals surface area contributed by atoms with Gasteiger partial charge in [0.2, 0.25) is 0 Å². The Bertz CT molecular complexity index is 73.5. The molecular formula is C6H12Cl2O. The maximum atomic E-state index is 8.41. The molecule has 0 amide bonds. The first-order valence-electron chi connectivity index (χ1n) is 3.11. The van der Waals surface area contributed by atoms with Crippen molar-refractivity contribution in [3.05, 3.63) is 0 Å². The molecule has 0 aliphatic heterocycles. The lowest BCUT2D eigenvalue weighted by Gasteiger charge is -2.15. The van der Waals surface area contributed by atoms with Crippen molar-refractivity contribution in [3.63, 3.8) is 0 Å². The van der Waals surface area contributed by atoms with Crippen molar-refractivity contribution in [2.24, 2.45) is 0 Å². The molecule has 0 aromatic rings. The van der Waals surface area contributed by atoms with Crippen LogP contribution in [0.4, 0.5) is 0 Å². The van der Waals surface area contributed by atoms with Gasteiger partial charge in [0.25, 0.3) is 0 Å². The van der Waals surface area contributed by atoms with Gasteiger partial charge in [-0.1, -0.05) is 6.92 Å². The Balaban J connectivity index is 3.33. The number of aliphatic hydroxyl groups excluding tert-OH is 1. The predicted octanol–water partition coefficient (Wildman–Crippen LogP) is 2.34. The van der Waals surface area contributed by atoms with Gasteiger partial charge in [0.1, 0.15) is 4.33 Å². The molecular weight excluding hydrogens is 159 g/mol. The SMILES string of the molecule is CCC(Cl)(Cl)CCCO. The molecule has 56 valence electrons. The summed E-state index contributed by atoms with van der Waals surface area (Å²) < 4.78 is -0.622. The van der Waals surface area contributed by atoms with Gasteiger partial charge in [-0.25, -0.2) is 0 Å². The number of hydrogen-bond acceptors (Lipinski definition) is 1. The zero-order valence-corrected chi connectivity index (χ0v) is 7.04. The zero-order valence-electron chi connectivity index (χ0n) is 5.53. The van der Waals surface area contributed by atoms with Crippen molar-refractivity contribution in [1.82, 2.24) is 0 Å². The minimum atomic E-state index is -0.622. The highest BCUT2D eigenvalue weighted by atomic mass is 35.5. The van der Waals surface area contributed by atoms with Crippen LogP contribution < -0.4 is 0 Å². The van der Waals surface area contributed by atoms with Crippen LogP contribution in [0.5, 0.6) is 0 Å². The molecule has 3 heteroatoms. The van der Waals surface area contributed by atoms with Gasteiger partial charge in [-0.05, 0) is 19.3 Å². The lowest BCUT2D eigenvalue weighted by Crippen LogP contribution is -2.10. The lowest BCUT2D eigenvalue weighted by atomic mass is 10.2. The second-order valence-electron chi connectivity index (χ2n) is 2.04. The number of alkyl halides is 2. The van der Waals surface area contributed by atoms with Crippen LogP contribution in [-0.2, 0) is 0 Å². The Hall–Kier alpha value is 0.540. The van der Waals surface area contributed by atoms with Crippen LogP contribution in [0.1, 0.15) is 26.2 Å². The van der Waals surface area contributed by atoms with E-state index in [0.29, 0.717) is 12.8 Å². The van der Waals surface area contributed by atoms with Crippen LogP contribution in [0, 0.1) is 0 Å². The van der Waals surface area contributed by atoms with Crippen molar-refractivity contribution in [2.45, 2.75) is 30.5 Å². The number of rotatable bonds is 4. The fraction of sp³-hybridized carbons (Fsp3) is 1.00. The van der Waals surface area contributed by atoms with Crippen molar-refractivity contribution in [1.29, 1.82) is 0 Å². The Labute approximate surface area is 66.0 Å². The first-order chi connectivity index (χ1) is 4.12. The topological polar surface area (TPSA) is 20.2 Å². The van der Waals surface area contributed by atoms with E-state index in [2.05, 4.69) is 0 Å². The average molecular weight is 171 g/mol. The van der Waals surface area contributed by atoms with Crippen molar-refractivity contribution < 1.29 is 5.11 Å². The maximum Gasteiger partial charge on any atom is 0.118 e. The molecule has 0 bridgehead atoms. The van der Waals surface area contributed by atoms with Gasteiger partial charge in [0.05, 0.1) is 0 Å². The van der Waals surface area contributed by atoms with Crippen LogP contribution >= 0.6 is 23.2 Å². The molecule has 0 aliphatic carbocycles. The molecule has 0 aromatic carbocycles. The Morgan fingerprint density at radius 2 is 2.00 bits per heavy atom. The Kier molecular flexibility index (Phi) is 4.63. The average Bonchev–Trinajstić information content (AvgIpc) is 1.84. The third-order valence-corrected chi connectivity index (χ3v) is 2.13. The quantitative estimate of drug-likeness (QED) is 0.643. The van der Waals surface area contributed by atoms with E-state index in [1.807, 2.05) is 6.92 Å². The summed E-state index contributed by atoms with van der Waals surface area (Å²) >= 11 is 11.5. The number of aliphatic hydroxyl groups is 1. The largest absolute Gasteiger partial charge is 0.396 e. The second kappa shape index (κ2) is 4.37. The second-order valence-corrected chi connectivity index (χ2v) is 3.68. The van der Waals surface area contributed by atoms with Crippen molar-refractivity contribution >= 4 is 23.2 Å². The molecule has 0 heterocycles. The van der Waals surface area contributed by atoms with Gasteiger partial charge in [0, 0.05) is 6.61 Å². The minimum Gasteiger partial charge on any atom is -0.396 e. The van der Waals surface area contributed by atoms with E-state index in [1.165, 1.54) is 0 Å². The number of hydrogen-bond donors (Lipinski definition) is 1. The van der Waals surface area contributed by atoms with Crippen molar-refractivity contribution in [2.75, 3.05) is 6.61 Å². The van der Waals surface area contributed by atoms with Crippen molar-refractivity contribution in [3.8, 4) is 0 Å². The molecule has 0 spiro atoms. The Morgan fingerprint density at radius 1 is 1.44 bits per heavy atom. The molecule has 0 saturated carbocycles. The zero-order chi connectivity index (χ0) is 7.33. The lowest BCUT2D eigenvalue weighted by molar-refractivity contribution is 0.281.